The van der Waals surface area contributed by atoms with Gasteiger partial charge in [-0.2, -0.15) is 0 Å². The summed E-state index contributed by atoms with van der Waals surface area (Å²) in [4.78, 5) is 11.8. The molecule has 1 aromatic carbocycles. The Morgan fingerprint density at radius 2 is 1.94 bits per heavy atom. The lowest BCUT2D eigenvalue weighted by atomic mass is 10.0. The average Bonchev–Trinajstić information content (AvgIpc) is 2.37. The molecule has 1 aromatic rings. The first-order chi connectivity index (χ1) is 8.24. The van der Waals surface area contributed by atoms with Crippen LogP contribution in [-0.4, -0.2) is 5.78 Å². The van der Waals surface area contributed by atoms with Crippen LogP contribution >= 0.6 is 0 Å². The lowest BCUT2D eigenvalue weighted by Gasteiger charge is -2.04. The van der Waals surface area contributed by atoms with Crippen molar-refractivity contribution in [2.45, 2.75) is 39.5 Å². The second kappa shape index (κ2) is 7.83. The number of rotatable bonds is 7. The molecule has 0 heterocycles. The average molecular weight is 230 g/mol. The van der Waals surface area contributed by atoms with Crippen molar-refractivity contribution in [2.75, 3.05) is 0 Å². The smallest absolute Gasteiger partial charge is 0.185 e. The molecule has 0 aliphatic carbocycles. The first-order valence-corrected chi connectivity index (χ1v) is 6.51. The van der Waals surface area contributed by atoms with Crippen molar-refractivity contribution in [2.24, 2.45) is 5.92 Å². The van der Waals surface area contributed by atoms with Crippen LogP contribution in [0.2, 0.25) is 0 Å². The fraction of sp³-hybridized carbons (Fsp3) is 0.438. The Morgan fingerprint density at radius 3 is 2.59 bits per heavy atom. The highest BCUT2D eigenvalue weighted by molar-refractivity contribution is 6.04. The van der Waals surface area contributed by atoms with Crippen molar-refractivity contribution < 1.29 is 4.79 Å². The second-order valence-electron chi connectivity index (χ2n) is 4.56. The fourth-order valence-electron chi connectivity index (χ4n) is 1.76. The third kappa shape index (κ3) is 5.48. The van der Waals surface area contributed by atoms with E-state index in [0.717, 1.165) is 5.56 Å². The summed E-state index contributed by atoms with van der Waals surface area (Å²) >= 11 is 0. The summed E-state index contributed by atoms with van der Waals surface area (Å²) in [6, 6.07) is 9.42. The Bertz CT molecular complexity index is 351. The summed E-state index contributed by atoms with van der Waals surface area (Å²) in [6.45, 7) is 4.38. The van der Waals surface area contributed by atoms with Gasteiger partial charge in [-0.25, -0.2) is 0 Å². The van der Waals surface area contributed by atoms with E-state index >= 15 is 0 Å². The molecule has 0 unspecified atom stereocenters. The van der Waals surface area contributed by atoms with Crippen LogP contribution in [0.1, 0.15) is 49.9 Å². The van der Waals surface area contributed by atoms with Crippen LogP contribution in [0.15, 0.2) is 42.5 Å². The molecule has 0 bridgehead atoms. The number of carbonyl (C=O) groups is 1. The highest BCUT2D eigenvalue weighted by Gasteiger charge is 2.01. The van der Waals surface area contributed by atoms with Gasteiger partial charge in [0.1, 0.15) is 0 Å². The number of hydrogen-bond acceptors (Lipinski definition) is 1. The molecule has 0 spiro atoms. The Morgan fingerprint density at radius 1 is 1.24 bits per heavy atom. The summed E-state index contributed by atoms with van der Waals surface area (Å²) in [5.74, 6) is 0.599. The van der Waals surface area contributed by atoms with Gasteiger partial charge in [0.05, 0.1) is 0 Å². The summed E-state index contributed by atoms with van der Waals surface area (Å²) in [6.07, 6.45) is 8.70. The molecule has 1 atom stereocenters. The lowest BCUT2D eigenvalue weighted by Crippen LogP contribution is -1.96. The van der Waals surface area contributed by atoms with Crippen LogP contribution in [0.5, 0.6) is 0 Å². The maximum absolute atomic E-state index is 11.8. The van der Waals surface area contributed by atoms with E-state index in [9.17, 15) is 4.79 Å². The number of benzene rings is 1. The van der Waals surface area contributed by atoms with Crippen LogP contribution in [0.3, 0.4) is 0 Å². The van der Waals surface area contributed by atoms with E-state index in [0.29, 0.717) is 5.92 Å². The zero-order valence-electron chi connectivity index (χ0n) is 10.9. The summed E-state index contributed by atoms with van der Waals surface area (Å²) < 4.78 is 0. The minimum atomic E-state index is 0.105. The van der Waals surface area contributed by atoms with Crippen LogP contribution < -0.4 is 0 Å². The van der Waals surface area contributed by atoms with Crippen LogP contribution in [0, 0.1) is 5.92 Å². The molecule has 0 aliphatic rings. The van der Waals surface area contributed by atoms with Crippen molar-refractivity contribution in [1.29, 1.82) is 0 Å². The van der Waals surface area contributed by atoms with Gasteiger partial charge in [0.25, 0.3) is 0 Å². The monoisotopic (exact) mass is 230 g/mol. The molecule has 92 valence electrons. The first kappa shape index (κ1) is 13.7. The molecule has 0 fully saturated rings. The zero-order chi connectivity index (χ0) is 12.5. The molecule has 1 heteroatoms. The van der Waals surface area contributed by atoms with Crippen LogP contribution in [-0.2, 0) is 0 Å². The molecule has 0 saturated heterocycles. The van der Waals surface area contributed by atoms with E-state index < -0.39 is 0 Å². The van der Waals surface area contributed by atoms with E-state index in [1.807, 2.05) is 36.4 Å². The number of carbonyl (C=O) groups excluding carboxylic acids is 1. The maximum atomic E-state index is 11.8. The maximum Gasteiger partial charge on any atom is 0.185 e. The van der Waals surface area contributed by atoms with Gasteiger partial charge in [-0.05, 0) is 18.4 Å². The molecule has 0 aliphatic heterocycles. The van der Waals surface area contributed by atoms with Crippen molar-refractivity contribution in [3.05, 3.63) is 48.0 Å². The standard InChI is InChI=1S/C16H22O/c1-3-4-6-9-14(2)12-13-16(17)15-10-7-5-8-11-15/h5,7-8,10-14H,3-4,6,9H2,1-2H3/b13-12+/t14-/m1/s1. The van der Waals surface area contributed by atoms with E-state index in [1.54, 1.807) is 6.08 Å². The number of ketones is 1. The number of allylic oxidation sites excluding steroid dienone is 2. The number of hydrogen-bond donors (Lipinski definition) is 0. The molecule has 17 heavy (non-hydrogen) atoms. The predicted molar refractivity (Wildman–Crippen MR) is 73.2 cm³/mol. The van der Waals surface area contributed by atoms with E-state index in [2.05, 4.69) is 13.8 Å². The van der Waals surface area contributed by atoms with Gasteiger partial charge in [-0.15, -0.1) is 0 Å². The van der Waals surface area contributed by atoms with E-state index in [-0.39, 0.29) is 5.78 Å². The van der Waals surface area contributed by atoms with Gasteiger partial charge < -0.3 is 0 Å². The second-order valence-corrected chi connectivity index (χ2v) is 4.56. The van der Waals surface area contributed by atoms with Gasteiger partial charge >= 0.3 is 0 Å². The highest BCUT2D eigenvalue weighted by atomic mass is 16.1. The van der Waals surface area contributed by atoms with Gasteiger partial charge in [-0.1, -0.05) is 69.5 Å². The minimum Gasteiger partial charge on any atom is -0.289 e. The highest BCUT2D eigenvalue weighted by Crippen LogP contribution is 2.11. The van der Waals surface area contributed by atoms with Crippen LogP contribution in [0.25, 0.3) is 0 Å². The molecular weight excluding hydrogens is 208 g/mol. The third-order valence-electron chi connectivity index (χ3n) is 2.90. The molecular formula is C16H22O. The summed E-state index contributed by atoms with van der Waals surface area (Å²) in [5, 5.41) is 0. The lowest BCUT2D eigenvalue weighted by molar-refractivity contribution is 0.104. The molecule has 0 saturated carbocycles. The van der Waals surface area contributed by atoms with Gasteiger partial charge in [0.15, 0.2) is 5.78 Å². The van der Waals surface area contributed by atoms with Crippen molar-refractivity contribution in [3.8, 4) is 0 Å². The molecule has 0 amide bonds. The molecule has 1 rings (SSSR count). The first-order valence-electron chi connectivity index (χ1n) is 6.51. The third-order valence-corrected chi connectivity index (χ3v) is 2.90. The minimum absolute atomic E-state index is 0.105. The van der Waals surface area contributed by atoms with Gasteiger partial charge in [0, 0.05) is 5.56 Å². The van der Waals surface area contributed by atoms with Gasteiger partial charge in [-0.3, -0.25) is 4.79 Å². The SMILES string of the molecule is CCCCC[C@@H](C)/C=C/C(=O)c1ccccc1. The van der Waals surface area contributed by atoms with Crippen LogP contribution in [0.4, 0.5) is 0 Å². The van der Waals surface area contributed by atoms with E-state index in [1.165, 1.54) is 25.7 Å². The molecule has 0 radical (unpaired) electrons. The van der Waals surface area contributed by atoms with E-state index in [4.69, 9.17) is 0 Å². The fourth-order valence-corrected chi connectivity index (χ4v) is 1.76. The van der Waals surface area contributed by atoms with Crippen molar-refractivity contribution in [3.63, 3.8) is 0 Å². The summed E-state index contributed by atoms with van der Waals surface area (Å²) in [5.41, 5.74) is 0.768. The van der Waals surface area contributed by atoms with Crippen molar-refractivity contribution in [1.82, 2.24) is 0 Å². The predicted octanol–water partition coefficient (Wildman–Crippen LogP) is 4.64. The topological polar surface area (TPSA) is 17.1 Å². The Labute approximate surface area is 105 Å². The number of unbranched alkanes of at least 4 members (excludes halogenated alkanes) is 2. The molecule has 0 aromatic heterocycles. The normalized spacial score (nSPS) is 12.8. The summed E-state index contributed by atoms with van der Waals surface area (Å²) in [7, 11) is 0. The zero-order valence-corrected chi connectivity index (χ0v) is 10.9. The Balaban J connectivity index is 2.40. The quantitative estimate of drug-likeness (QED) is 0.379. The molecule has 1 nitrogen and oxygen atoms in total. The molecule has 0 N–H and O–H groups in total. The van der Waals surface area contributed by atoms with Crippen molar-refractivity contribution >= 4 is 5.78 Å². The van der Waals surface area contributed by atoms with Gasteiger partial charge in [0.2, 0.25) is 0 Å². The Hall–Kier alpha value is -1.37. The Kier molecular flexibility index (Phi) is 6.31. The largest absolute Gasteiger partial charge is 0.289 e.